The number of ether oxygens (including phenoxy) is 5. The van der Waals surface area contributed by atoms with Crippen molar-refractivity contribution in [3.63, 3.8) is 0 Å². The highest BCUT2D eigenvalue weighted by molar-refractivity contribution is 6.04. The van der Waals surface area contributed by atoms with Gasteiger partial charge in [0.2, 0.25) is 5.88 Å². The molecule has 1 aliphatic carbocycles. The first-order valence-corrected chi connectivity index (χ1v) is 10.1. The molecule has 0 saturated carbocycles. The predicted molar refractivity (Wildman–Crippen MR) is 113 cm³/mol. The summed E-state index contributed by atoms with van der Waals surface area (Å²) >= 11 is 0. The molecule has 0 fully saturated rings. The lowest BCUT2D eigenvalue weighted by Gasteiger charge is -2.38. The van der Waals surface area contributed by atoms with Crippen LogP contribution in [0, 0.1) is 5.41 Å². The zero-order chi connectivity index (χ0) is 22.9. The summed E-state index contributed by atoms with van der Waals surface area (Å²) in [5, 5.41) is 0. The quantitative estimate of drug-likeness (QED) is 0.685. The summed E-state index contributed by atoms with van der Waals surface area (Å²) < 4.78 is 27.5. The first-order chi connectivity index (χ1) is 14.7. The summed E-state index contributed by atoms with van der Waals surface area (Å²) in [5.41, 5.74) is 6.92. The molecule has 0 spiro atoms. The fraction of sp³-hybridized carbons (Fsp3) is 0.478. The molecule has 31 heavy (non-hydrogen) atoms. The van der Waals surface area contributed by atoms with Gasteiger partial charge in [-0.2, -0.15) is 0 Å². The van der Waals surface area contributed by atoms with Crippen molar-refractivity contribution < 1.29 is 33.3 Å². The Morgan fingerprint density at radius 1 is 1.10 bits per heavy atom. The van der Waals surface area contributed by atoms with E-state index in [2.05, 4.69) is 0 Å². The van der Waals surface area contributed by atoms with Crippen LogP contribution in [-0.2, 0) is 19.1 Å². The summed E-state index contributed by atoms with van der Waals surface area (Å²) in [5.74, 6) is 0.115. The number of ketones is 1. The van der Waals surface area contributed by atoms with Gasteiger partial charge in [0.05, 0.1) is 33.9 Å². The van der Waals surface area contributed by atoms with Crippen LogP contribution in [0.15, 0.2) is 34.9 Å². The highest BCUT2D eigenvalue weighted by Gasteiger charge is 2.46. The maximum atomic E-state index is 13.3. The van der Waals surface area contributed by atoms with E-state index in [9.17, 15) is 9.59 Å². The van der Waals surface area contributed by atoms with Crippen LogP contribution in [0.25, 0.3) is 0 Å². The molecule has 0 saturated heterocycles. The Labute approximate surface area is 181 Å². The van der Waals surface area contributed by atoms with Crippen molar-refractivity contribution in [1.82, 2.24) is 0 Å². The second-order valence-corrected chi connectivity index (χ2v) is 8.26. The van der Waals surface area contributed by atoms with E-state index < -0.39 is 11.9 Å². The molecule has 8 heteroatoms. The molecule has 8 nitrogen and oxygen atoms in total. The Kier molecular flexibility index (Phi) is 6.20. The minimum Gasteiger partial charge on any atom is -0.496 e. The molecule has 2 aliphatic rings. The average Bonchev–Trinajstić information content (AvgIpc) is 2.70. The number of hydrogen-bond acceptors (Lipinski definition) is 8. The minimum absolute atomic E-state index is 0.0687. The van der Waals surface area contributed by atoms with Gasteiger partial charge in [-0.05, 0) is 18.4 Å². The van der Waals surface area contributed by atoms with Crippen LogP contribution < -0.4 is 19.9 Å². The normalized spacial score (nSPS) is 20.1. The molecule has 0 amide bonds. The summed E-state index contributed by atoms with van der Waals surface area (Å²) in [6, 6.07) is 3.35. The van der Waals surface area contributed by atoms with Gasteiger partial charge in [-0.25, -0.2) is 4.79 Å². The van der Waals surface area contributed by atoms with Crippen LogP contribution in [0.1, 0.15) is 45.1 Å². The van der Waals surface area contributed by atoms with Gasteiger partial charge >= 0.3 is 5.97 Å². The van der Waals surface area contributed by atoms with Crippen molar-refractivity contribution in [1.29, 1.82) is 0 Å². The SMILES string of the molecule is CCOC(=O)C1=C(N)OC2=C(C(=O)CC(C)(C)C2)C1c1cc(OC)c(OC)cc1OC. The van der Waals surface area contributed by atoms with Gasteiger partial charge in [0.1, 0.15) is 17.1 Å². The summed E-state index contributed by atoms with van der Waals surface area (Å²) in [6.07, 6.45) is 0.828. The van der Waals surface area contributed by atoms with E-state index in [-0.39, 0.29) is 29.3 Å². The van der Waals surface area contributed by atoms with E-state index in [4.69, 9.17) is 29.4 Å². The summed E-state index contributed by atoms with van der Waals surface area (Å²) in [7, 11) is 4.52. The molecule has 2 N–H and O–H groups in total. The number of carbonyl (C=O) groups excluding carboxylic acids is 2. The summed E-state index contributed by atoms with van der Waals surface area (Å²) in [4.78, 5) is 26.2. The van der Waals surface area contributed by atoms with E-state index in [0.717, 1.165) is 0 Å². The fourth-order valence-corrected chi connectivity index (χ4v) is 4.18. The second kappa shape index (κ2) is 8.53. The van der Waals surface area contributed by atoms with Crippen molar-refractivity contribution in [3.8, 4) is 17.2 Å². The third-order valence-electron chi connectivity index (χ3n) is 5.50. The molecular formula is C23H29NO7. The van der Waals surface area contributed by atoms with Gasteiger partial charge in [0.15, 0.2) is 17.3 Å². The standard InChI is InChI=1S/C23H29NO7/c1-7-30-22(26)20-18(12-8-15(28-5)16(29-6)9-14(12)27-4)19-13(25)10-23(2,3)11-17(19)31-21(20)24/h8-9,18H,7,10-11,24H2,1-6H3. The van der Waals surface area contributed by atoms with E-state index in [1.165, 1.54) is 21.3 Å². The van der Waals surface area contributed by atoms with E-state index in [1.807, 2.05) is 13.8 Å². The van der Waals surface area contributed by atoms with Gasteiger partial charge in [-0.1, -0.05) is 13.8 Å². The van der Waals surface area contributed by atoms with Crippen LogP contribution in [0.3, 0.4) is 0 Å². The highest BCUT2D eigenvalue weighted by atomic mass is 16.5. The van der Waals surface area contributed by atoms with E-state index >= 15 is 0 Å². The predicted octanol–water partition coefficient (Wildman–Crippen LogP) is 3.20. The van der Waals surface area contributed by atoms with Crippen LogP contribution in [-0.4, -0.2) is 39.7 Å². The van der Waals surface area contributed by atoms with Gasteiger partial charge in [-0.15, -0.1) is 0 Å². The topological polar surface area (TPSA) is 106 Å². The fourth-order valence-electron chi connectivity index (χ4n) is 4.18. The largest absolute Gasteiger partial charge is 0.496 e. The zero-order valence-corrected chi connectivity index (χ0v) is 18.8. The Morgan fingerprint density at radius 3 is 2.29 bits per heavy atom. The zero-order valence-electron chi connectivity index (χ0n) is 18.8. The van der Waals surface area contributed by atoms with Gasteiger partial charge in [-0.3, -0.25) is 4.79 Å². The molecule has 1 heterocycles. The third kappa shape index (κ3) is 4.06. The molecular weight excluding hydrogens is 402 g/mol. The maximum absolute atomic E-state index is 13.3. The number of hydrogen-bond donors (Lipinski definition) is 1. The van der Waals surface area contributed by atoms with Crippen molar-refractivity contribution in [2.45, 2.75) is 39.5 Å². The molecule has 3 rings (SSSR count). The van der Waals surface area contributed by atoms with Crippen molar-refractivity contribution in [2.75, 3.05) is 27.9 Å². The number of Topliss-reactive ketones (excluding diaryl/α,β-unsaturated/α-hetero) is 1. The molecule has 1 aromatic carbocycles. The number of benzene rings is 1. The second-order valence-electron chi connectivity index (χ2n) is 8.26. The lowest BCUT2D eigenvalue weighted by molar-refractivity contribution is -0.139. The molecule has 1 aromatic rings. The monoisotopic (exact) mass is 431 g/mol. The molecule has 168 valence electrons. The third-order valence-corrected chi connectivity index (χ3v) is 5.50. The van der Waals surface area contributed by atoms with Gasteiger partial charge < -0.3 is 29.4 Å². The Morgan fingerprint density at radius 2 is 1.71 bits per heavy atom. The molecule has 1 unspecified atom stereocenters. The van der Waals surface area contributed by atoms with Gasteiger partial charge in [0.25, 0.3) is 0 Å². The van der Waals surface area contributed by atoms with Crippen molar-refractivity contribution in [3.05, 3.63) is 40.5 Å². The molecule has 1 aliphatic heterocycles. The molecule has 0 bridgehead atoms. The first kappa shape index (κ1) is 22.5. The Balaban J connectivity index is 2.30. The maximum Gasteiger partial charge on any atom is 0.340 e. The van der Waals surface area contributed by atoms with Crippen LogP contribution in [0.2, 0.25) is 0 Å². The molecule has 0 radical (unpaired) electrons. The summed E-state index contributed by atoms with van der Waals surface area (Å²) in [6.45, 7) is 5.83. The van der Waals surface area contributed by atoms with Gasteiger partial charge in [0, 0.05) is 30.0 Å². The number of esters is 1. The lowest BCUT2D eigenvalue weighted by Crippen LogP contribution is -2.35. The number of carbonyl (C=O) groups is 2. The average molecular weight is 431 g/mol. The first-order valence-electron chi connectivity index (χ1n) is 10.1. The molecule has 1 atom stereocenters. The number of allylic oxidation sites excluding steroid dienone is 2. The minimum atomic E-state index is -0.818. The van der Waals surface area contributed by atoms with Crippen LogP contribution in [0.5, 0.6) is 17.2 Å². The van der Waals surface area contributed by atoms with Crippen LogP contribution in [0.4, 0.5) is 0 Å². The molecule has 0 aromatic heterocycles. The Bertz CT molecular complexity index is 974. The number of methoxy groups -OCH3 is 3. The van der Waals surface area contributed by atoms with Crippen molar-refractivity contribution in [2.24, 2.45) is 11.1 Å². The van der Waals surface area contributed by atoms with Crippen molar-refractivity contribution >= 4 is 11.8 Å². The smallest absolute Gasteiger partial charge is 0.340 e. The van der Waals surface area contributed by atoms with Crippen LogP contribution >= 0.6 is 0 Å². The highest BCUT2D eigenvalue weighted by Crippen LogP contribution is 2.51. The van der Waals surface area contributed by atoms with E-state index in [0.29, 0.717) is 47.0 Å². The van der Waals surface area contributed by atoms with E-state index in [1.54, 1.807) is 19.1 Å². The lowest BCUT2D eigenvalue weighted by atomic mass is 9.70. The number of rotatable bonds is 6. The number of nitrogens with two attached hydrogens (primary N) is 1. The Hall–Kier alpha value is -3.16.